The maximum atomic E-state index is 12.8. The van der Waals surface area contributed by atoms with Gasteiger partial charge in [-0.2, -0.15) is 0 Å². The molecular weight excluding hydrogens is 418 g/mol. The Bertz CT molecular complexity index is 1250. The van der Waals surface area contributed by atoms with E-state index in [9.17, 15) is 19.2 Å². The average molecular weight is 439 g/mol. The van der Waals surface area contributed by atoms with Gasteiger partial charge in [-0.15, -0.1) is 24.5 Å². The highest BCUT2D eigenvalue weighted by atomic mass is 32.1. The van der Waals surface area contributed by atoms with Crippen molar-refractivity contribution in [3.63, 3.8) is 0 Å². The van der Waals surface area contributed by atoms with E-state index in [0.717, 1.165) is 13.7 Å². The molecule has 9 nitrogen and oxygen atoms in total. The number of aromatic nitrogens is 4. The minimum absolute atomic E-state index is 0.0382. The summed E-state index contributed by atoms with van der Waals surface area (Å²) in [5.74, 6) is -0.225. The van der Waals surface area contributed by atoms with Crippen LogP contribution in [0.25, 0.3) is 0 Å². The van der Waals surface area contributed by atoms with Gasteiger partial charge in [-0.05, 0) is 12.1 Å². The number of para-hydroxylation sites is 1. The van der Waals surface area contributed by atoms with E-state index in [1.54, 1.807) is 17.5 Å². The third kappa shape index (κ3) is 4.38. The molecule has 2 aromatic heterocycles. The van der Waals surface area contributed by atoms with Gasteiger partial charge in [0.25, 0.3) is 0 Å². The van der Waals surface area contributed by atoms with Crippen LogP contribution in [-0.4, -0.2) is 24.6 Å². The molecule has 10 heteroatoms. The maximum Gasteiger partial charge on any atom is 0.336 e. The van der Waals surface area contributed by atoms with Gasteiger partial charge in [0.2, 0.25) is 5.91 Å². The number of nitrogens with zero attached hydrogens (tertiary/aromatic N) is 5. The van der Waals surface area contributed by atoms with Crippen molar-refractivity contribution >= 4 is 28.1 Å². The van der Waals surface area contributed by atoms with E-state index >= 15 is 0 Å². The van der Waals surface area contributed by atoms with Crippen LogP contribution in [0.15, 0.2) is 75.4 Å². The van der Waals surface area contributed by atoms with Gasteiger partial charge in [-0.1, -0.05) is 30.4 Å². The molecule has 31 heavy (non-hydrogen) atoms. The molecule has 0 bridgehead atoms. The highest BCUT2D eigenvalue weighted by Gasteiger charge is 2.19. The number of benzene rings is 1. The third-order valence-electron chi connectivity index (χ3n) is 4.39. The van der Waals surface area contributed by atoms with E-state index in [1.165, 1.54) is 35.3 Å². The molecule has 0 saturated carbocycles. The molecule has 0 saturated heterocycles. The van der Waals surface area contributed by atoms with E-state index in [-0.39, 0.29) is 25.5 Å². The molecule has 160 valence electrons. The van der Waals surface area contributed by atoms with Crippen LogP contribution in [0, 0.1) is 0 Å². The van der Waals surface area contributed by atoms with Gasteiger partial charge < -0.3 is 0 Å². The summed E-state index contributed by atoms with van der Waals surface area (Å²) in [6.45, 7) is 8.31. The Hall–Kier alpha value is -3.79. The summed E-state index contributed by atoms with van der Waals surface area (Å²) in [5.41, 5.74) is -1.17. The molecular formula is C21H21N5O4S. The van der Waals surface area contributed by atoms with Crippen LogP contribution in [0.2, 0.25) is 0 Å². The van der Waals surface area contributed by atoms with Crippen LogP contribution in [0.1, 0.15) is 12.6 Å². The zero-order valence-corrected chi connectivity index (χ0v) is 17.7. The molecule has 3 rings (SSSR count). The Morgan fingerprint density at radius 2 is 1.55 bits per heavy atom. The number of hydrogen-bond acceptors (Lipinski definition) is 6. The van der Waals surface area contributed by atoms with E-state index in [1.807, 2.05) is 18.2 Å². The lowest BCUT2D eigenvalue weighted by Gasteiger charge is -2.17. The molecule has 0 atom stereocenters. The van der Waals surface area contributed by atoms with Gasteiger partial charge in [-0.3, -0.25) is 9.69 Å². The number of anilines is 2. The van der Waals surface area contributed by atoms with Gasteiger partial charge in [0.05, 0.1) is 31.0 Å². The molecule has 0 aliphatic rings. The van der Waals surface area contributed by atoms with Crippen molar-refractivity contribution in [2.45, 2.75) is 26.6 Å². The first-order valence-electron chi connectivity index (χ1n) is 9.35. The van der Waals surface area contributed by atoms with Gasteiger partial charge in [0, 0.05) is 12.3 Å². The van der Waals surface area contributed by atoms with Crippen molar-refractivity contribution in [3.8, 4) is 0 Å². The molecule has 0 radical (unpaired) electrons. The first-order chi connectivity index (χ1) is 14.9. The highest BCUT2D eigenvalue weighted by Crippen LogP contribution is 2.28. The standard InChI is InChI=1S/C21H21N5O4S/c1-4-11-23-19(28)24(12-5-2)21(30)25(20(23)29)13-16-14-31-18(22-16)26(15(3)27)17-9-7-6-8-10-17/h4-10,14H,1-2,11-13H2,3H3. The Morgan fingerprint density at radius 3 is 2.06 bits per heavy atom. The average Bonchev–Trinajstić information content (AvgIpc) is 3.20. The number of thiazole rings is 1. The van der Waals surface area contributed by atoms with Crippen molar-refractivity contribution in [1.29, 1.82) is 0 Å². The van der Waals surface area contributed by atoms with Crippen LogP contribution in [0.5, 0.6) is 0 Å². The van der Waals surface area contributed by atoms with Crippen LogP contribution < -0.4 is 22.0 Å². The smallest absolute Gasteiger partial charge is 0.274 e. The number of hydrogen-bond donors (Lipinski definition) is 0. The molecule has 0 fully saturated rings. The molecule has 2 heterocycles. The normalized spacial score (nSPS) is 10.6. The first-order valence-corrected chi connectivity index (χ1v) is 10.2. The van der Waals surface area contributed by atoms with Gasteiger partial charge in [0.1, 0.15) is 0 Å². The zero-order chi connectivity index (χ0) is 22.5. The molecule has 0 unspecified atom stereocenters. The molecule has 0 aliphatic carbocycles. The summed E-state index contributed by atoms with van der Waals surface area (Å²) >= 11 is 1.21. The van der Waals surface area contributed by atoms with Crippen LogP contribution >= 0.6 is 11.3 Å². The molecule has 0 aliphatic heterocycles. The fourth-order valence-electron chi connectivity index (χ4n) is 3.03. The third-order valence-corrected chi connectivity index (χ3v) is 5.26. The van der Waals surface area contributed by atoms with E-state index in [2.05, 4.69) is 18.1 Å². The number of allylic oxidation sites excluding steroid dienone is 2. The second kappa shape index (κ2) is 9.35. The topological polar surface area (TPSA) is 99.2 Å². The first kappa shape index (κ1) is 21.9. The lowest BCUT2D eigenvalue weighted by Crippen LogP contribution is -2.54. The van der Waals surface area contributed by atoms with Gasteiger partial charge in [0.15, 0.2) is 5.13 Å². The lowest BCUT2D eigenvalue weighted by molar-refractivity contribution is -0.115. The maximum absolute atomic E-state index is 12.8. The minimum Gasteiger partial charge on any atom is -0.274 e. The fraction of sp³-hybridized carbons (Fsp3) is 0.190. The number of carbonyl (C=O) groups excluding carboxylic acids is 1. The second-order valence-corrected chi connectivity index (χ2v) is 7.38. The van der Waals surface area contributed by atoms with E-state index in [4.69, 9.17) is 0 Å². The number of amides is 1. The van der Waals surface area contributed by atoms with Crippen molar-refractivity contribution in [3.05, 3.63) is 98.2 Å². The fourth-order valence-corrected chi connectivity index (χ4v) is 3.90. The molecule has 0 spiro atoms. The summed E-state index contributed by atoms with van der Waals surface area (Å²) in [6.07, 6.45) is 2.81. The van der Waals surface area contributed by atoms with Crippen LogP contribution in [0.3, 0.4) is 0 Å². The van der Waals surface area contributed by atoms with Gasteiger partial charge >= 0.3 is 17.1 Å². The predicted octanol–water partition coefficient (Wildman–Crippen LogP) is 1.73. The highest BCUT2D eigenvalue weighted by molar-refractivity contribution is 7.14. The second-order valence-electron chi connectivity index (χ2n) is 6.54. The summed E-state index contributed by atoms with van der Waals surface area (Å²) in [4.78, 5) is 56.2. The van der Waals surface area contributed by atoms with Gasteiger partial charge in [-0.25, -0.2) is 33.1 Å². The van der Waals surface area contributed by atoms with Crippen LogP contribution in [-0.2, 0) is 24.4 Å². The Kier molecular flexibility index (Phi) is 6.61. The summed E-state index contributed by atoms with van der Waals surface area (Å²) in [7, 11) is 0. The van der Waals surface area contributed by atoms with E-state index in [0.29, 0.717) is 16.5 Å². The number of rotatable bonds is 8. The molecule has 1 amide bonds. The quantitative estimate of drug-likeness (QED) is 0.498. The predicted molar refractivity (Wildman–Crippen MR) is 120 cm³/mol. The Labute approximate surface area is 181 Å². The van der Waals surface area contributed by atoms with Crippen molar-refractivity contribution < 1.29 is 4.79 Å². The molecule has 3 aromatic rings. The van der Waals surface area contributed by atoms with Crippen molar-refractivity contribution in [2.75, 3.05) is 4.90 Å². The summed E-state index contributed by atoms with van der Waals surface area (Å²) in [5, 5.41) is 2.08. The number of carbonyl (C=O) groups is 1. The Morgan fingerprint density at radius 1 is 1.00 bits per heavy atom. The molecule has 0 N–H and O–H groups in total. The largest absolute Gasteiger partial charge is 0.336 e. The monoisotopic (exact) mass is 439 g/mol. The summed E-state index contributed by atoms with van der Waals surface area (Å²) in [6, 6.07) is 9.03. The van der Waals surface area contributed by atoms with E-state index < -0.39 is 17.1 Å². The lowest BCUT2D eigenvalue weighted by atomic mass is 10.3. The minimum atomic E-state index is -0.753. The zero-order valence-electron chi connectivity index (χ0n) is 16.9. The SMILES string of the molecule is C=CCn1c(=O)n(CC=C)c(=O)n(Cc2csc(N(C(C)=O)c3ccccc3)n2)c1=O. The van der Waals surface area contributed by atoms with Crippen molar-refractivity contribution in [1.82, 2.24) is 18.7 Å². The Balaban J connectivity index is 2.05. The van der Waals surface area contributed by atoms with Crippen molar-refractivity contribution in [2.24, 2.45) is 0 Å². The summed E-state index contributed by atoms with van der Waals surface area (Å²) < 4.78 is 2.79. The molecule has 1 aromatic carbocycles. The van der Waals surface area contributed by atoms with Crippen LogP contribution in [0.4, 0.5) is 10.8 Å².